The minimum atomic E-state index is 0. The summed E-state index contributed by atoms with van der Waals surface area (Å²) in [6, 6.07) is 6.15. The normalized spacial score (nSPS) is 17.8. The lowest BCUT2D eigenvalue weighted by Crippen LogP contribution is -2.30. The first-order valence-corrected chi connectivity index (χ1v) is 9.74. The van der Waals surface area contributed by atoms with Crippen LogP contribution in [0.5, 0.6) is 0 Å². The van der Waals surface area contributed by atoms with Crippen molar-refractivity contribution in [2.24, 2.45) is 5.92 Å². The van der Waals surface area contributed by atoms with Crippen LogP contribution in [0.2, 0.25) is 0 Å². The van der Waals surface area contributed by atoms with Gasteiger partial charge in [0.15, 0.2) is 5.78 Å². The van der Waals surface area contributed by atoms with Gasteiger partial charge in [-0.3, -0.25) is 9.59 Å². The number of amides is 1. The van der Waals surface area contributed by atoms with E-state index in [9.17, 15) is 9.59 Å². The number of Topliss-reactive ketones (excluding diaryl/α,β-unsaturated/α-hetero) is 1. The van der Waals surface area contributed by atoms with Crippen LogP contribution in [0.4, 0.5) is 0 Å². The number of piperidine rings is 1. The molecular formula is C21H31ClN2O2. The minimum Gasteiger partial charge on any atom is -0.342 e. The van der Waals surface area contributed by atoms with Gasteiger partial charge in [-0.2, -0.15) is 0 Å². The fraction of sp³-hybridized carbons (Fsp3) is 0.619. The van der Waals surface area contributed by atoms with Crippen molar-refractivity contribution in [1.82, 2.24) is 10.2 Å². The Bertz CT molecular complexity index is 626. The van der Waals surface area contributed by atoms with Crippen LogP contribution in [0.15, 0.2) is 18.2 Å². The Labute approximate surface area is 163 Å². The number of hydrogen-bond acceptors (Lipinski definition) is 3. The number of benzene rings is 1. The van der Waals surface area contributed by atoms with E-state index in [1.165, 1.54) is 30.4 Å². The highest BCUT2D eigenvalue weighted by Gasteiger charge is 2.18. The smallest absolute Gasteiger partial charge is 0.219 e. The Morgan fingerprint density at radius 1 is 1.12 bits per heavy atom. The van der Waals surface area contributed by atoms with Crippen molar-refractivity contribution in [3.05, 3.63) is 34.9 Å². The summed E-state index contributed by atoms with van der Waals surface area (Å²) >= 11 is 0. The number of carbonyl (C=O) groups excluding carboxylic acids is 2. The molecule has 1 aromatic rings. The molecule has 0 aliphatic carbocycles. The Kier molecular flexibility index (Phi) is 8.11. The highest BCUT2D eigenvalue weighted by Crippen LogP contribution is 2.22. The van der Waals surface area contributed by atoms with Gasteiger partial charge in [0.1, 0.15) is 0 Å². The summed E-state index contributed by atoms with van der Waals surface area (Å²) in [6.45, 7) is 5.43. The van der Waals surface area contributed by atoms with Crippen molar-refractivity contribution in [2.45, 2.75) is 51.9 Å². The molecule has 0 aromatic heterocycles. The molecule has 0 saturated carbocycles. The quantitative estimate of drug-likeness (QED) is 0.799. The number of halogens is 1. The van der Waals surface area contributed by atoms with Crippen molar-refractivity contribution >= 4 is 24.1 Å². The molecule has 2 aliphatic heterocycles. The zero-order chi connectivity index (χ0) is 17.6. The third-order valence-corrected chi connectivity index (χ3v) is 5.75. The number of ketones is 1. The first kappa shape index (κ1) is 20.9. The molecule has 1 fully saturated rings. The van der Waals surface area contributed by atoms with Crippen LogP contribution in [-0.2, 0) is 17.6 Å². The van der Waals surface area contributed by atoms with E-state index in [0.717, 1.165) is 56.9 Å². The monoisotopic (exact) mass is 378 g/mol. The number of nitrogens with zero attached hydrogens (tertiary/aromatic N) is 1. The lowest BCUT2D eigenvalue weighted by molar-refractivity contribution is -0.128. The third-order valence-electron chi connectivity index (χ3n) is 5.75. The van der Waals surface area contributed by atoms with Crippen LogP contribution < -0.4 is 5.32 Å². The van der Waals surface area contributed by atoms with E-state index in [-0.39, 0.29) is 24.1 Å². The molecule has 0 atom stereocenters. The Morgan fingerprint density at radius 2 is 1.81 bits per heavy atom. The fourth-order valence-electron chi connectivity index (χ4n) is 4.08. The van der Waals surface area contributed by atoms with Gasteiger partial charge in [0, 0.05) is 32.0 Å². The molecule has 2 aliphatic rings. The van der Waals surface area contributed by atoms with Gasteiger partial charge in [0.25, 0.3) is 0 Å². The first-order chi connectivity index (χ1) is 12.1. The molecular weight excluding hydrogens is 348 g/mol. The maximum atomic E-state index is 12.6. The lowest BCUT2D eigenvalue weighted by Gasteiger charge is -2.22. The van der Waals surface area contributed by atoms with Crippen molar-refractivity contribution < 1.29 is 9.59 Å². The van der Waals surface area contributed by atoms with E-state index in [4.69, 9.17) is 0 Å². The van der Waals surface area contributed by atoms with Gasteiger partial charge in [-0.1, -0.05) is 12.1 Å². The molecule has 0 unspecified atom stereocenters. The molecule has 4 nitrogen and oxygen atoms in total. The third kappa shape index (κ3) is 5.55. The Balaban J connectivity index is 0.00000243. The summed E-state index contributed by atoms with van der Waals surface area (Å²) in [5.41, 5.74) is 3.38. The molecule has 144 valence electrons. The van der Waals surface area contributed by atoms with Gasteiger partial charge < -0.3 is 10.2 Å². The number of hydrogen-bond donors (Lipinski definition) is 1. The predicted molar refractivity (Wildman–Crippen MR) is 107 cm³/mol. The highest BCUT2D eigenvalue weighted by molar-refractivity contribution is 5.96. The predicted octanol–water partition coefficient (Wildman–Crippen LogP) is 3.41. The molecule has 0 spiro atoms. The molecule has 5 heteroatoms. The van der Waals surface area contributed by atoms with Crippen LogP contribution in [0.1, 0.15) is 60.5 Å². The van der Waals surface area contributed by atoms with Crippen LogP contribution in [0.3, 0.4) is 0 Å². The standard InChI is InChI=1S/C21H30N2O2.ClH/c1-16(24)23-13-9-18-5-6-20(15-19(18)10-14-23)21(25)4-2-3-17-7-11-22-12-8-17;/h5-6,15,17,22H,2-4,7-14H2,1H3;1H. The number of carbonyl (C=O) groups is 2. The molecule has 1 amide bonds. The molecule has 0 bridgehead atoms. The van der Waals surface area contributed by atoms with Gasteiger partial charge in [-0.05, 0) is 74.7 Å². The summed E-state index contributed by atoms with van der Waals surface area (Å²) in [5, 5.41) is 3.39. The van der Waals surface area contributed by atoms with Gasteiger partial charge in [0.05, 0.1) is 0 Å². The Hall–Kier alpha value is -1.39. The molecule has 1 aromatic carbocycles. The molecule has 1 saturated heterocycles. The topological polar surface area (TPSA) is 49.4 Å². The molecule has 3 rings (SSSR count). The summed E-state index contributed by atoms with van der Waals surface area (Å²) in [5.74, 6) is 1.20. The second kappa shape index (κ2) is 10.1. The second-order valence-corrected chi connectivity index (χ2v) is 7.50. The van der Waals surface area contributed by atoms with E-state index in [1.807, 2.05) is 11.0 Å². The van der Waals surface area contributed by atoms with Crippen LogP contribution in [-0.4, -0.2) is 42.8 Å². The van der Waals surface area contributed by atoms with Crippen molar-refractivity contribution in [3.8, 4) is 0 Å². The summed E-state index contributed by atoms with van der Waals surface area (Å²) in [7, 11) is 0. The highest BCUT2D eigenvalue weighted by atomic mass is 35.5. The van der Waals surface area contributed by atoms with Crippen molar-refractivity contribution in [3.63, 3.8) is 0 Å². The van der Waals surface area contributed by atoms with Crippen molar-refractivity contribution in [2.75, 3.05) is 26.2 Å². The van der Waals surface area contributed by atoms with E-state index in [0.29, 0.717) is 6.42 Å². The lowest BCUT2D eigenvalue weighted by atomic mass is 9.91. The van der Waals surface area contributed by atoms with Gasteiger partial charge in [0.2, 0.25) is 5.91 Å². The molecule has 0 radical (unpaired) electrons. The number of rotatable bonds is 5. The molecule has 1 N–H and O–H groups in total. The van der Waals surface area contributed by atoms with Crippen LogP contribution in [0.25, 0.3) is 0 Å². The van der Waals surface area contributed by atoms with Gasteiger partial charge in [-0.25, -0.2) is 0 Å². The minimum absolute atomic E-state index is 0. The summed E-state index contributed by atoms with van der Waals surface area (Å²) < 4.78 is 0. The maximum absolute atomic E-state index is 12.6. The van der Waals surface area contributed by atoms with Gasteiger partial charge >= 0.3 is 0 Å². The molecule has 26 heavy (non-hydrogen) atoms. The maximum Gasteiger partial charge on any atom is 0.219 e. The van der Waals surface area contributed by atoms with E-state index < -0.39 is 0 Å². The SMILES string of the molecule is CC(=O)N1CCc2ccc(C(=O)CCCC3CCNCC3)cc2CC1.Cl. The second-order valence-electron chi connectivity index (χ2n) is 7.50. The largest absolute Gasteiger partial charge is 0.342 e. The van der Waals surface area contributed by atoms with E-state index in [2.05, 4.69) is 17.4 Å². The summed E-state index contributed by atoms with van der Waals surface area (Å²) in [4.78, 5) is 26.1. The zero-order valence-corrected chi connectivity index (χ0v) is 16.6. The zero-order valence-electron chi connectivity index (χ0n) is 15.8. The van der Waals surface area contributed by atoms with E-state index in [1.54, 1.807) is 6.92 Å². The van der Waals surface area contributed by atoms with Crippen LogP contribution >= 0.6 is 12.4 Å². The Morgan fingerprint density at radius 3 is 2.50 bits per heavy atom. The molecule has 2 heterocycles. The van der Waals surface area contributed by atoms with Crippen molar-refractivity contribution in [1.29, 1.82) is 0 Å². The average molecular weight is 379 g/mol. The van der Waals surface area contributed by atoms with Gasteiger partial charge in [-0.15, -0.1) is 12.4 Å². The fourth-order valence-corrected chi connectivity index (χ4v) is 4.08. The first-order valence-electron chi connectivity index (χ1n) is 9.74. The number of nitrogens with one attached hydrogen (secondary N) is 1. The number of fused-ring (bicyclic) bond motifs is 1. The average Bonchev–Trinajstić information content (AvgIpc) is 2.84. The summed E-state index contributed by atoms with van der Waals surface area (Å²) in [6.07, 6.45) is 7.07. The van der Waals surface area contributed by atoms with Crippen LogP contribution in [0, 0.1) is 5.92 Å². The van der Waals surface area contributed by atoms with E-state index >= 15 is 0 Å².